The third-order valence-corrected chi connectivity index (χ3v) is 7.24. The second kappa shape index (κ2) is 9.71. The van der Waals surface area contributed by atoms with Crippen LogP contribution in [0.5, 0.6) is 0 Å². The number of para-hydroxylation sites is 1. The fourth-order valence-corrected chi connectivity index (χ4v) is 5.14. The minimum Gasteiger partial charge on any atom is -0.355 e. The van der Waals surface area contributed by atoms with E-state index in [1.807, 2.05) is 68.6 Å². The van der Waals surface area contributed by atoms with Gasteiger partial charge in [-0.2, -0.15) is 0 Å². The number of fused-ring (bicyclic) bond motifs is 1. The van der Waals surface area contributed by atoms with Crippen molar-refractivity contribution >= 4 is 39.9 Å². The molecule has 7 heteroatoms. The van der Waals surface area contributed by atoms with Crippen molar-refractivity contribution in [2.45, 2.75) is 37.6 Å². The first-order valence-corrected chi connectivity index (χ1v) is 12.3. The molecule has 0 radical (unpaired) electrons. The molecule has 0 fully saturated rings. The standard InChI is InChI=1S/C25H25N3O2S2/c1-16-10-11-17(2)22(15-16)28-24(30)20-8-4-5-9-21(20)27-25(28)32-18(3)23(29)26-13-12-19-7-6-14-31-19/h4-11,14-15,18H,12-13H2,1-3H3,(H,26,29). The van der Waals surface area contributed by atoms with Crippen LogP contribution in [0.2, 0.25) is 0 Å². The molecule has 32 heavy (non-hydrogen) atoms. The highest BCUT2D eigenvalue weighted by atomic mass is 32.2. The topological polar surface area (TPSA) is 64.0 Å². The lowest BCUT2D eigenvalue weighted by Crippen LogP contribution is -2.33. The van der Waals surface area contributed by atoms with E-state index in [0.29, 0.717) is 22.6 Å². The third kappa shape index (κ3) is 4.79. The Morgan fingerprint density at radius 3 is 2.75 bits per heavy atom. The predicted octanol–water partition coefficient (Wildman–Crippen LogP) is 4.90. The highest BCUT2D eigenvalue weighted by Crippen LogP contribution is 2.27. The number of hydrogen-bond donors (Lipinski definition) is 1. The Bertz CT molecular complexity index is 1310. The van der Waals surface area contributed by atoms with Gasteiger partial charge >= 0.3 is 0 Å². The van der Waals surface area contributed by atoms with E-state index in [2.05, 4.69) is 11.4 Å². The number of thiophene rings is 1. The summed E-state index contributed by atoms with van der Waals surface area (Å²) in [5.74, 6) is -0.0681. The molecular formula is C25H25N3O2S2. The van der Waals surface area contributed by atoms with Gasteiger partial charge in [0.2, 0.25) is 5.91 Å². The summed E-state index contributed by atoms with van der Waals surface area (Å²) in [5, 5.41) is 5.72. The second-order valence-electron chi connectivity index (χ2n) is 7.72. The molecule has 1 unspecified atom stereocenters. The van der Waals surface area contributed by atoms with E-state index in [4.69, 9.17) is 4.98 Å². The SMILES string of the molecule is Cc1ccc(C)c(-n2c(SC(C)C(=O)NCCc3cccs3)nc3ccccc3c2=O)c1. The van der Waals surface area contributed by atoms with Crippen molar-refractivity contribution in [2.75, 3.05) is 6.54 Å². The number of carbonyl (C=O) groups excluding carboxylic acids is 1. The zero-order valence-corrected chi connectivity index (χ0v) is 19.9. The Kier molecular flexibility index (Phi) is 6.77. The first-order valence-electron chi connectivity index (χ1n) is 10.5. The number of nitrogens with zero attached hydrogens (tertiary/aromatic N) is 2. The van der Waals surface area contributed by atoms with Gasteiger partial charge < -0.3 is 5.32 Å². The Hall–Kier alpha value is -2.90. The van der Waals surface area contributed by atoms with Crippen LogP contribution in [0.15, 0.2) is 69.9 Å². The predicted molar refractivity (Wildman–Crippen MR) is 133 cm³/mol. The van der Waals surface area contributed by atoms with Crippen molar-refractivity contribution in [3.05, 3.63) is 86.3 Å². The Morgan fingerprint density at radius 2 is 1.97 bits per heavy atom. The average molecular weight is 464 g/mol. The lowest BCUT2D eigenvalue weighted by molar-refractivity contribution is -0.120. The van der Waals surface area contributed by atoms with Gasteiger partial charge in [-0.1, -0.05) is 42.1 Å². The molecule has 1 atom stereocenters. The molecular weight excluding hydrogens is 438 g/mol. The van der Waals surface area contributed by atoms with E-state index < -0.39 is 5.25 Å². The maximum atomic E-state index is 13.5. The monoisotopic (exact) mass is 463 g/mol. The van der Waals surface area contributed by atoms with E-state index in [1.165, 1.54) is 16.6 Å². The number of nitrogens with one attached hydrogen (secondary N) is 1. The maximum absolute atomic E-state index is 13.5. The van der Waals surface area contributed by atoms with Crippen LogP contribution >= 0.6 is 23.1 Å². The number of aromatic nitrogens is 2. The van der Waals surface area contributed by atoms with Gasteiger partial charge in [0, 0.05) is 11.4 Å². The highest BCUT2D eigenvalue weighted by Gasteiger charge is 2.21. The minimum absolute atomic E-state index is 0.0681. The molecule has 0 aliphatic carbocycles. The van der Waals surface area contributed by atoms with Crippen LogP contribution in [-0.4, -0.2) is 27.3 Å². The lowest BCUT2D eigenvalue weighted by Gasteiger charge is -2.18. The minimum atomic E-state index is -0.400. The maximum Gasteiger partial charge on any atom is 0.266 e. The fraction of sp³-hybridized carbons (Fsp3) is 0.240. The molecule has 2 aromatic heterocycles. The van der Waals surface area contributed by atoms with Crippen molar-refractivity contribution in [3.8, 4) is 5.69 Å². The number of hydrogen-bond acceptors (Lipinski definition) is 5. The molecule has 1 N–H and O–H groups in total. The zero-order chi connectivity index (χ0) is 22.7. The van der Waals surface area contributed by atoms with Gasteiger partial charge in [0.25, 0.3) is 5.56 Å². The molecule has 0 bridgehead atoms. The second-order valence-corrected chi connectivity index (χ2v) is 10.1. The van der Waals surface area contributed by atoms with Crippen LogP contribution in [-0.2, 0) is 11.2 Å². The van der Waals surface area contributed by atoms with Gasteiger partial charge in [0.15, 0.2) is 5.16 Å². The van der Waals surface area contributed by atoms with Crippen molar-refractivity contribution in [1.82, 2.24) is 14.9 Å². The molecule has 5 nitrogen and oxygen atoms in total. The molecule has 0 spiro atoms. The Labute approximate surface area is 195 Å². The number of aryl methyl sites for hydroxylation is 2. The fourth-order valence-electron chi connectivity index (χ4n) is 3.48. The van der Waals surface area contributed by atoms with Crippen LogP contribution in [0.25, 0.3) is 16.6 Å². The number of rotatable bonds is 7. The third-order valence-electron chi connectivity index (χ3n) is 5.25. The molecule has 0 aliphatic heterocycles. The van der Waals surface area contributed by atoms with E-state index in [-0.39, 0.29) is 11.5 Å². The number of thioether (sulfide) groups is 1. The Balaban J connectivity index is 1.65. The molecule has 0 aliphatic rings. The molecule has 0 saturated carbocycles. The quantitative estimate of drug-likeness (QED) is 0.313. The number of carbonyl (C=O) groups is 1. The smallest absolute Gasteiger partial charge is 0.266 e. The molecule has 2 aromatic carbocycles. The molecule has 1 amide bonds. The van der Waals surface area contributed by atoms with Crippen LogP contribution in [0.1, 0.15) is 22.9 Å². The molecule has 4 aromatic rings. The summed E-state index contributed by atoms with van der Waals surface area (Å²) in [6.45, 7) is 6.41. The van der Waals surface area contributed by atoms with Crippen molar-refractivity contribution in [1.29, 1.82) is 0 Å². The zero-order valence-electron chi connectivity index (χ0n) is 18.3. The van der Waals surface area contributed by atoms with Gasteiger partial charge in [0.05, 0.1) is 21.8 Å². The average Bonchev–Trinajstić information content (AvgIpc) is 3.29. The van der Waals surface area contributed by atoms with Gasteiger partial charge in [0.1, 0.15) is 0 Å². The van der Waals surface area contributed by atoms with Gasteiger partial charge in [-0.15, -0.1) is 11.3 Å². The Morgan fingerprint density at radius 1 is 1.16 bits per heavy atom. The van der Waals surface area contributed by atoms with E-state index in [9.17, 15) is 9.59 Å². The van der Waals surface area contributed by atoms with Crippen LogP contribution in [0.4, 0.5) is 0 Å². The summed E-state index contributed by atoms with van der Waals surface area (Å²) in [7, 11) is 0. The van der Waals surface area contributed by atoms with E-state index in [1.54, 1.807) is 22.0 Å². The van der Waals surface area contributed by atoms with E-state index >= 15 is 0 Å². The lowest BCUT2D eigenvalue weighted by atomic mass is 10.1. The van der Waals surface area contributed by atoms with Gasteiger partial charge in [-0.25, -0.2) is 4.98 Å². The van der Waals surface area contributed by atoms with Crippen molar-refractivity contribution in [3.63, 3.8) is 0 Å². The first-order chi connectivity index (χ1) is 15.4. The largest absolute Gasteiger partial charge is 0.355 e. The molecule has 164 valence electrons. The molecule has 2 heterocycles. The first kappa shape index (κ1) is 22.3. The summed E-state index contributed by atoms with van der Waals surface area (Å²) in [6, 6.07) is 17.4. The van der Waals surface area contributed by atoms with Gasteiger partial charge in [-0.3, -0.25) is 14.2 Å². The van der Waals surface area contributed by atoms with Crippen LogP contribution in [0.3, 0.4) is 0 Å². The van der Waals surface area contributed by atoms with Crippen LogP contribution in [0, 0.1) is 13.8 Å². The van der Waals surface area contributed by atoms with Crippen molar-refractivity contribution < 1.29 is 4.79 Å². The van der Waals surface area contributed by atoms with Gasteiger partial charge in [-0.05, 0) is 68.0 Å². The normalized spacial score (nSPS) is 12.1. The highest BCUT2D eigenvalue weighted by molar-refractivity contribution is 8.00. The van der Waals surface area contributed by atoms with E-state index in [0.717, 1.165) is 23.2 Å². The molecule has 4 rings (SSSR count). The number of benzene rings is 2. The summed E-state index contributed by atoms with van der Waals surface area (Å²) in [6.07, 6.45) is 0.808. The summed E-state index contributed by atoms with van der Waals surface area (Å²) in [5.41, 5.74) is 3.33. The van der Waals surface area contributed by atoms with Crippen molar-refractivity contribution in [2.24, 2.45) is 0 Å². The molecule has 0 saturated heterocycles. The number of amides is 1. The summed E-state index contributed by atoms with van der Waals surface area (Å²) in [4.78, 5) is 32.2. The van der Waals surface area contributed by atoms with Crippen LogP contribution < -0.4 is 10.9 Å². The summed E-state index contributed by atoms with van der Waals surface area (Å²) < 4.78 is 1.64. The summed E-state index contributed by atoms with van der Waals surface area (Å²) >= 11 is 2.99.